The summed E-state index contributed by atoms with van der Waals surface area (Å²) in [5.41, 5.74) is 27.9. The van der Waals surface area contributed by atoms with Crippen LogP contribution in [0.4, 0.5) is 0 Å². The molecule has 1 heterocycles. The Labute approximate surface area is 437 Å². The van der Waals surface area contributed by atoms with Crippen molar-refractivity contribution in [3.63, 3.8) is 0 Å². The monoisotopic (exact) mass is 1070 g/mol. The molecule has 0 aromatic heterocycles. The number of nitrogens with two attached hydrogens (primary N) is 5. The van der Waals surface area contributed by atoms with Crippen LogP contribution in [-0.2, 0) is 65.6 Å². The van der Waals surface area contributed by atoms with E-state index in [1.165, 1.54) is 17.0 Å². The average molecular weight is 1070 g/mol. The summed E-state index contributed by atoms with van der Waals surface area (Å²) >= 11 is 8.35. The second kappa shape index (κ2) is 31.1. The van der Waals surface area contributed by atoms with E-state index in [1.54, 1.807) is 42.5 Å². The Balaban J connectivity index is 1.85. The van der Waals surface area contributed by atoms with Crippen molar-refractivity contribution in [1.29, 1.82) is 0 Å². The van der Waals surface area contributed by atoms with E-state index in [0.29, 0.717) is 17.5 Å². The van der Waals surface area contributed by atoms with E-state index < -0.39 is 133 Å². The molecule has 1 aliphatic heterocycles. The number of rotatable bonds is 31. The lowest BCUT2D eigenvalue weighted by Gasteiger charge is -2.30. The number of primary amides is 3. The molecule has 18 N–H and O–H groups in total. The van der Waals surface area contributed by atoms with E-state index in [2.05, 4.69) is 67.5 Å². The first-order valence-electron chi connectivity index (χ1n) is 23.5. The molecule has 0 aliphatic carbocycles. The van der Waals surface area contributed by atoms with Crippen LogP contribution in [0.25, 0.3) is 0 Å². The number of guanidine groups is 1. The number of hydrogen-bond donors (Lipinski definition) is 15. The molecule has 74 heavy (non-hydrogen) atoms. The molecule has 0 saturated carbocycles. The maximum Gasteiger partial charge on any atom is 0.246 e. The maximum absolute atomic E-state index is 14.2. The molecule has 1 aliphatic rings. The Morgan fingerprint density at radius 2 is 1.18 bits per heavy atom. The predicted molar refractivity (Wildman–Crippen MR) is 275 cm³/mol. The van der Waals surface area contributed by atoms with Gasteiger partial charge in [-0.05, 0) is 61.1 Å². The minimum atomic E-state index is -1.79. The summed E-state index contributed by atoms with van der Waals surface area (Å²) in [5, 5.41) is 27.3. The molecule has 2 aromatic carbocycles. The molecule has 28 heteroatoms. The summed E-state index contributed by atoms with van der Waals surface area (Å²) in [6.07, 6.45) is -1.25. The zero-order chi connectivity index (χ0) is 54.9. The van der Waals surface area contributed by atoms with Gasteiger partial charge in [0.15, 0.2) is 5.96 Å². The van der Waals surface area contributed by atoms with Gasteiger partial charge in [-0.3, -0.25) is 57.7 Å². The number of likely N-dealkylation sites (tertiary alicyclic amines) is 1. The van der Waals surface area contributed by atoms with Crippen LogP contribution in [-0.4, -0.2) is 154 Å². The molecule has 26 nitrogen and oxygen atoms in total. The van der Waals surface area contributed by atoms with Gasteiger partial charge in [0, 0.05) is 44.5 Å². The van der Waals surface area contributed by atoms with Gasteiger partial charge in [-0.1, -0.05) is 42.5 Å². The minimum absolute atomic E-state index is 0.0257. The zero-order valence-corrected chi connectivity index (χ0v) is 42.2. The van der Waals surface area contributed by atoms with Crippen molar-refractivity contribution in [1.82, 2.24) is 42.1 Å². The Hall–Kier alpha value is -7.62. The van der Waals surface area contributed by atoms with E-state index in [4.69, 9.17) is 28.7 Å². The largest absolute Gasteiger partial charge is 0.508 e. The van der Waals surface area contributed by atoms with Crippen molar-refractivity contribution >= 4 is 96.2 Å². The van der Waals surface area contributed by atoms with E-state index in [-0.39, 0.29) is 74.8 Å². The molecule has 2 aromatic rings. The highest BCUT2D eigenvalue weighted by atomic mass is 32.1. The maximum atomic E-state index is 14.2. The molecular weight excluding hydrogens is 1000 g/mol. The molecule has 7 atom stereocenters. The van der Waals surface area contributed by atoms with E-state index >= 15 is 0 Å². The van der Waals surface area contributed by atoms with Gasteiger partial charge in [0.05, 0.1) is 13.0 Å². The number of aromatic hydroxyl groups is 1. The number of carbonyl (C=O) groups excluding carboxylic acids is 11. The fourth-order valence-corrected chi connectivity index (χ4v) is 8.04. The smallest absolute Gasteiger partial charge is 0.246 e. The number of thiol groups is 2. The number of benzene rings is 2. The summed E-state index contributed by atoms with van der Waals surface area (Å²) in [6.45, 7) is -0.360. The molecule has 0 unspecified atom stereocenters. The lowest BCUT2D eigenvalue weighted by atomic mass is 10.0. The van der Waals surface area contributed by atoms with Crippen molar-refractivity contribution in [2.24, 2.45) is 33.7 Å². The SMILES string of the molecule is NC(=O)CC[C@H](NC(=O)[C@H](CC(N)=O)NC(=O)[C@H](Cc1ccccc1)NC(=O)[C@H](Cc1ccc(O)cc1)NC(=O)CCS)C(=O)N[C@@H](CS)C(=O)N1CCC[C@H]1C(=O)N[C@H](CCCN=C(N)N)C(=O)NCC(N)=O. The second-order valence-corrected chi connectivity index (χ2v) is 18.0. The summed E-state index contributed by atoms with van der Waals surface area (Å²) in [6, 6.07) is 4.38. The van der Waals surface area contributed by atoms with Crippen LogP contribution in [0, 0.1) is 0 Å². The van der Waals surface area contributed by atoms with Crippen LogP contribution in [0.15, 0.2) is 59.6 Å². The Bertz CT molecular complexity index is 2340. The number of nitrogens with one attached hydrogen (secondary N) is 7. The van der Waals surface area contributed by atoms with Crippen LogP contribution >= 0.6 is 25.3 Å². The van der Waals surface area contributed by atoms with Crippen LogP contribution in [0.2, 0.25) is 0 Å². The van der Waals surface area contributed by atoms with Crippen molar-refractivity contribution in [3.05, 3.63) is 65.7 Å². The van der Waals surface area contributed by atoms with Crippen LogP contribution in [0.5, 0.6) is 5.75 Å². The molecule has 404 valence electrons. The fraction of sp³-hybridized carbons (Fsp3) is 0.478. The van der Waals surface area contributed by atoms with Crippen molar-refractivity contribution in [3.8, 4) is 5.75 Å². The summed E-state index contributed by atoms with van der Waals surface area (Å²) in [5.74, 6) is -9.91. The van der Waals surface area contributed by atoms with Crippen molar-refractivity contribution < 1.29 is 57.8 Å². The number of hydrogen-bond acceptors (Lipinski definition) is 15. The summed E-state index contributed by atoms with van der Waals surface area (Å²) < 4.78 is 0. The van der Waals surface area contributed by atoms with Gasteiger partial charge in [0.1, 0.15) is 48.0 Å². The third kappa shape index (κ3) is 21.2. The van der Waals surface area contributed by atoms with Gasteiger partial charge in [0.2, 0.25) is 65.0 Å². The van der Waals surface area contributed by atoms with Crippen molar-refractivity contribution in [2.75, 3.05) is 31.1 Å². The number of aliphatic imine (C=N–C) groups is 1. The molecular formula is C46H66N14O12S2. The van der Waals surface area contributed by atoms with Crippen molar-refractivity contribution in [2.45, 2.75) is 107 Å². The lowest BCUT2D eigenvalue weighted by Crippen LogP contribution is -2.61. The Kier molecular flexibility index (Phi) is 25.5. The highest BCUT2D eigenvalue weighted by molar-refractivity contribution is 7.80. The molecule has 1 fully saturated rings. The molecule has 3 rings (SSSR count). The number of phenols is 1. The topological polar surface area (TPSA) is 438 Å². The molecule has 0 radical (unpaired) electrons. The third-order valence-electron chi connectivity index (χ3n) is 11.3. The summed E-state index contributed by atoms with van der Waals surface area (Å²) in [7, 11) is 0. The highest BCUT2D eigenvalue weighted by Crippen LogP contribution is 2.20. The van der Waals surface area contributed by atoms with E-state index in [0.717, 1.165) is 0 Å². The number of phenolic OH excluding ortho intramolecular Hbond substituents is 1. The molecule has 0 bridgehead atoms. The van der Waals surface area contributed by atoms with E-state index in [9.17, 15) is 57.8 Å². The Morgan fingerprint density at radius 1 is 0.622 bits per heavy atom. The van der Waals surface area contributed by atoms with Gasteiger partial charge in [0.25, 0.3) is 0 Å². The van der Waals surface area contributed by atoms with Crippen LogP contribution in [0.3, 0.4) is 0 Å². The van der Waals surface area contributed by atoms with Gasteiger partial charge >= 0.3 is 0 Å². The quantitative estimate of drug-likeness (QED) is 0.0146. The van der Waals surface area contributed by atoms with Crippen LogP contribution in [0.1, 0.15) is 62.5 Å². The van der Waals surface area contributed by atoms with Gasteiger partial charge in [-0.2, -0.15) is 25.3 Å². The van der Waals surface area contributed by atoms with Gasteiger partial charge in [-0.25, -0.2) is 0 Å². The number of nitrogens with zero attached hydrogens (tertiary/aromatic N) is 2. The lowest BCUT2D eigenvalue weighted by molar-refractivity contribution is -0.142. The predicted octanol–water partition coefficient (Wildman–Crippen LogP) is -4.88. The Morgan fingerprint density at radius 3 is 1.76 bits per heavy atom. The normalized spacial score (nSPS) is 15.3. The molecule has 1 saturated heterocycles. The number of carbonyl (C=O) groups is 11. The first-order chi connectivity index (χ1) is 35.1. The average Bonchev–Trinajstić information content (AvgIpc) is 3.85. The zero-order valence-electron chi connectivity index (χ0n) is 40.5. The molecule has 11 amide bonds. The second-order valence-electron chi connectivity index (χ2n) is 17.1. The van der Waals surface area contributed by atoms with Crippen LogP contribution < -0.4 is 65.9 Å². The van der Waals surface area contributed by atoms with E-state index in [1.807, 2.05) is 0 Å². The molecule has 0 spiro atoms. The minimum Gasteiger partial charge on any atom is -0.508 e. The third-order valence-corrected chi connectivity index (χ3v) is 11.9. The first-order valence-corrected chi connectivity index (χ1v) is 24.7. The number of amides is 11. The fourth-order valence-electron chi connectivity index (χ4n) is 7.59. The van der Waals surface area contributed by atoms with Gasteiger partial charge in [-0.15, -0.1) is 0 Å². The standard InChI is InChI=1S/C46H66N14O12S2/c47-35(62)15-14-29(40(67)59-33(24-74)45(72)60-18-5-9-34(60)44(71)56-28(8-4-17-52-46(50)51)39(66)53-23-37(49)64)55-43(70)32(22-36(48)63)58-42(69)31(20-25-6-2-1-3-7-25)57-41(68)30(54-38(65)16-19-73)21-26-10-12-27(61)13-11-26/h1-3,6-7,10-13,28-34,61,73-74H,4-5,8-9,14-24H2,(H2,47,62)(H2,48,63)(H2,49,64)(H,53,66)(H,54,65)(H,55,70)(H,56,71)(H,57,68)(H,58,69)(H,59,67)(H4,50,51,52)/t28-,29+,30+,31+,32+,33+,34+/m1/s1. The first kappa shape index (κ1) is 60.7. The van der Waals surface area contributed by atoms with Gasteiger partial charge < -0.3 is 75.9 Å². The summed E-state index contributed by atoms with van der Waals surface area (Å²) in [4.78, 5) is 150. The highest BCUT2D eigenvalue weighted by Gasteiger charge is 2.40.